The maximum absolute atomic E-state index is 13.2. The van der Waals surface area contributed by atoms with Crippen LogP contribution in [0.4, 0.5) is 5.69 Å². The molecule has 1 fully saturated rings. The third-order valence-electron chi connectivity index (χ3n) is 6.23. The highest BCUT2D eigenvalue weighted by Crippen LogP contribution is 2.23. The summed E-state index contributed by atoms with van der Waals surface area (Å²) in [6.07, 6.45) is 9.71. The van der Waals surface area contributed by atoms with Gasteiger partial charge in [-0.3, -0.25) is 9.69 Å². The van der Waals surface area contributed by atoms with Gasteiger partial charge in [0.25, 0.3) is 5.91 Å². The summed E-state index contributed by atoms with van der Waals surface area (Å²) in [6.45, 7) is 2.34. The number of aromatic nitrogens is 3. The zero-order valence-corrected chi connectivity index (χ0v) is 20.3. The second kappa shape index (κ2) is 9.59. The Kier molecular flexibility index (Phi) is 6.36. The molecule has 0 radical (unpaired) electrons. The molecular weight excluding hydrogens is 462 g/mol. The molecule has 1 saturated heterocycles. The van der Waals surface area contributed by atoms with Gasteiger partial charge in [0.15, 0.2) is 9.84 Å². The summed E-state index contributed by atoms with van der Waals surface area (Å²) >= 11 is 0. The lowest BCUT2D eigenvalue weighted by atomic mass is 10.1. The number of anilines is 1. The van der Waals surface area contributed by atoms with Crippen LogP contribution in [-0.4, -0.2) is 52.9 Å². The Bertz CT molecular complexity index is 1440. The molecule has 1 N–H and O–H groups in total. The van der Waals surface area contributed by atoms with Crippen LogP contribution in [0.3, 0.4) is 0 Å². The molecular formula is C26H27N5O3S. The normalized spacial score (nSPS) is 14.8. The molecule has 1 aliphatic heterocycles. The minimum atomic E-state index is -3.43. The number of rotatable bonds is 6. The molecule has 4 aromatic rings. The van der Waals surface area contributed by atoms with E-state index in [-0.39, 0.29) is 16.5 Å². The fraction of sp³-hybridized carbons (Fsp3) is 0.269. The number of carbonyl (C=O) groups excluding carboxylic acids is 1. The van der Waals surface area contributed by atoms with Gasteiger partial charge < -0.3 is 9.72 Å². The van der Waals surface area contributed by atoms with Crippen molar-refractivity contribution in [3.05, 3.63) is 78.4 Å². The number of piperidine rings is 1. The highest BCUT2D eigenvalue weighted by molar-refractivity contribution is 7.90. The van der Waals surface area contributed by atoms with Crippen LogP contribution in [0.15, 0.2) is 72.0 Å². The number of benzene rings is 1. The average Bonchev–Trinajstić information content (AvgIpc) is 3.29. The minimum absolute atomic E-state index is 0.123. The molecule has 0 bridgehead atoms. The summed E-state index contributed by atoms with van der Waals surface area (Å²) in [4.78, 5) is 24.4. The number of sulfone groups is 1. The fourth-order valence-electron chi connectivity index (χ4n) is 4.36. The Morgan fingerprint density at radius 2 is 1.83 bits per heavy atom. The first-order chi connectivity index (χ1) is 16.9. The maximum Gasteiger partial charge on any atom is 0.274 e. The second-order valence-corrected chi connectivity index (χ2v) is 10.9. The number of nitrogens with one attached hydrogen (secondary N) is 1. The van der Waals surface area contributed by atoms with Gasteiger partial charge in [0, 0.05) is 42.6 Å². The quantitative estimate of drug-likeness (QED) is 0.439. The lowest BCUT2D eigenvalue weighted by Crippen LogP contribution is -2.30. The van der Waals surface area contributed by atoms with Gasteiger partial charge in [-0.2, -0.15) is 0 Å². The molecule has 1 aromatic carbocycles. The summed E-state index contributed by atoms with van der Waals surface area (Å²) in [5.41, 5.74) is 4.13. The van der Waals surface area contributed by atoms with Crippen LogP contribution in [-0.2, 0) is 16.4 Å². The maximum atomic E-state index is 13.2. The highest BCUT2D eigenvalue weighted by Gasteiger charge is 2.20. The van der Waals surface area contributed by atoms with Crippen LogP contribution in [0.25, 0.3) is 16.9 Å². The average molecular weight is 490 g/mol. The predicted octanol–water partition coefficient (Wildman–Crippen LogP) is 4.04. The Balaban J connectivity index is 1.37. The number of fused-ring (bicyclic) bond motifs is 1. The van der Waals surface area contributed by atoms with Crippen molar-refractivity contribution in [3.8, 4) is 11.3 Å². The molecule has 0 atom stereocenters. The van der Waals surface area contributed by atoms with Crippen molar-refractivity contribution in [1.82, 2.24) is 19.3 Å². The Morgan fingerprint density at radius 3 is 2.54 bits per heavy atom. The van der Waals surface area contributed by atoms with Crippen molar-refractivity contribution in [1.29, 1.82) is 0 Å². The fourth-order valence-corrected chi connectivity index (χ4v) is 4.96. The number of imidazole rings is 1. The van der Waals surface area contributed by atoms with Gasteiger partial charge >= 0.3 is 0 Å². The molecule has 3 aromatic heterocycles. The molecule has 1 aliphatic rings. The third kappa shape index (κ3) is 5.26. The second-order valence-electron chi connectivity index (χ2n) is 8.91. The number of nitrogens with zero attached hydrogens (tertiary/aromatic N) is 4. The van der Waals surface area contributed by atoms with E-state index in [1.807, 2.05) is 59.3 Å². The van der Waals surface area contributed by atoms with Crippen molar-refractivity contribution in [3.63, 3.8) is 0 Å². The number of likely N-dealkylation sites (tertiary alicyclic amines) is 1. The van der Waals surface area contributed by atoms with E-state index in [1.165, 1.54) is 12.6 Å². The first-order valence-electron chi connectivity index (χ1n) is 11.6. The van der Waals surface area contributed by atoms with Crippen LogP contribution >= 0.6 is 0 Å². The summed E-state index contributed by atoms with van der Waals surface area (Å²) < 4.78 is 26.1. The molecule has 1 amide bonds. The molecule has 5 rings (SSSR count). The largest absolute Gasteiger partial charge is 0.321 e. The molecule has 0 unspecified atom stereocenters. The third-order valence-corrected chi connectivity index (χ3v) is 7.31. The number of carbonyl (C=O) groups is 1. The molecule has 180 valence electrons. The van der Waals surface area contributed by atoms with E-state index < -0.39 is 9.84 Å². The number of hydrogen-bond donors (Lipinski definition) is 1. The number of pyridine rings is 2. The topological polar surface area (TPSA) is 96.7 Å². The summed E-state index contributed by atoms with van der Waals surface area (Å²) in [5.74, 6) is -0.363. The van der Waals surface area contributed by atoms with Crippen molar-refractivity contribution in [2.45, 2.75) is 30.7 Å². The van der Waals surface area contributed by atoms with Gasteiger partial charge in [0.1, 0.15) is 11.3 Å². The predicted molar refractivity (Wildman–Crippen MR) is 135 cm³/mol. The van der Waals surface area contributed by atoms with E-state index in [9.17, 15) is 13.2 Å². The van der Waals surface area contributed by atoms with Crippen molar-refractivity contribution < 1.29 is 13.2 Å². The number of amides is 1. The van der Waals surface area contributed by atoms with Gasteiger partial charge in [0.05, 0.1) is 10.6 Å². The van der Waals surface area contributed by atoms with Gasteiger partial charge in [-0.15, -0.1) is 0 Å². The van der Waals surface area contributed by atoms with Crippen molar-refractivity contribution in [2.24, 2.45) is 0 Å². The number of hydrogen-bond acceptors (Lipinski definition) is 6. The van der Waals surface area contributed by atoms with E-state index in [2.05, 4.69) is 20.2 Å². The molecule has 0 saturated carbocycles. The van der Waals surface area contributed by atoms with Gasteiger partial charge in [-0.1, -0.05) is 24.6 Å². The highest BCUT2D eigenvalue weighted by atomic mass is 32.2. The first kappa shape index (κ1) is 23.2. The molecule has 0 aliphatic carbocycles. The zero-order chi connectivity index (χ0) is 24.4. The summed E-state index contributed by atoms with van der Waals surface area (Å²) in [6, 6.07) is 14.9. The standard InChI is InChI=1S/C26H27N5O3S/c1-35(33,34)22-15-20(17-30-12-4-2-5-13-30)25(27-16-22)26(32)28-21-10-8-19(9-11-21)23-18-31-14-6-3-7-24(31)29-23/h3,6-11,14-16,18H,2,4-5,12-13,17H2,1H3,(H,28,32). The Morgan fingerprint density at radius 1 is 1.06 bits per heavy atom. The van der Waals surface area contributed by atoms with Gasteiger partial charge in [-0.05, 0) is 61.8 Å². The monoisotopic (exact) mass is 489 g/mol. The van der Waals surface area contributed by atoms with E-state index >= 15 is 0 Å². The molecule has 9 heteroatoms. The lowest BCUT2D eigenvalue weighted by molar-refractivity contribution is 0.101. The van der Waals surface area contributed by atoms with Gasteiger partial charge in [0.2, 0.25) is 0 Å². The van der Waals surface area contributed by atoms with Crippen molar-refractivity contribution in [2.75, 3.05) is 24.7 Å². The summed E-state index contributed by atoms with van der Waals surface area (Å²) in [7, 11) is -3.43. The minimum Gasteiger partial charge on any atom is -0.321 e. The van der Waals surface area contributed by atoms with E-state index in [4.69, 9.17) is 0 Å². The van der Waals surface area contributed by atoms with Crippen LogP contribution in [0, 0.1) is 0 Å². The zero-order valence-electron chi connectivity index (χ0n) is 19.5. The SMILES string of the molecule is CS(=O)(=O)c1cnc(C(=O)Nc2ccc(-c3cn4ccccc4n3)cc2)c(CN2CCCCC2)c1. The molecule has 35 heavy (non-hydrogen) atoms. The van der Waals surface area contributed by atoms with E-state index in [0.717, 1.165) is 49.1 Å². The van der Waals surface area contributed by atoms with Crippen LogP contribution in [0.2, 0.25) is 0 Å². The van der Waals surface area contributed by atoms with Gasteiger partial charge in [-0.25, -0.2) is 18.4 Å². The smallest absolute Gasteiger partial charge is 0.274 e. The first-order valence-corrected chi connectivity index (χ1v) is 13.5. The molecule has 0 spiro atoms. The van der Waals surface area contributed by atoms with Crippen LogP contribution in [0.5, 0.6) is 0 Å². The van der Waals surface area contributed by atoms with E-state index in [0.29, 0.717) is 17.8 Å². The van der Waals surface area contributed by atoms with Crippen LogP contribution in [0.1, 0.15) is 35.3 Å². The lowest BCUT2D eigenvalue weighted by Gasteiger charge is -2.27. The Labute approximate surface area is 204 Å². The molecule has 8 nitrogen and oxygen atoms in total. The Hall–Kier alpha value is -3.56. The summed E-state index contributed by atoms with van der Waals surface area (Å²) in [5, 5.41) is 2.90. The van der Waals surface area contributed by atoms with Crippen molar-refractivity contribution >= 4 is 27.1 Å². The van der Waals surface area contributed by atoms with E-state index in [1.54, 1.807) is 6.07 Å². The van der Waals surface area contributed by atoms with Crippen LogP contribution < -0.4 is 5.32 Å². The molecule has 4 heterocycles.